The first-order chi connectivity index (χ1) is 11.2. The number of amides is 1. The highest BCUT2D eigenvalue weighted by molar-refractivity contribution is 5.92. The van der Waals surface area contributed by atoms with Gasteiger partial charge in [0, 0.05) is 12.1 Å². The van der Waals surface area contributed by atoms with E-state index in [9.17, 15) is 9.59 Å². The largest absolute Gasteiger partial charge is 0.457 e. The van der Waals surface area contributed by atoms with E-state index >= 15 is 0 Å². The van der Waals surface area contributed by atoms with Crippen molar-refractivity contribution in [2.75, 3.05) is 11.9 Å². The molecule has 0 aromatic heterocycles. The molecule has 5 nitrogen and oxygen atoms in total. The summed E-state index contributed by atoms with van der Waals surface area (Å²) in [6.45, 7) is 1.60. The molecule has 2 aromatic rings. The normalized spacial score (nSPS) is 9.96. The summed E-state index contributed by atoms with van der Waals surface area (Å²) in [7, 11) is 0. The van der Waals surface area contributed by atoms with Gasteiger partial charge in [0.05, 0.1) is 0 Å². The standard InChI is InChI=1S/C18H19NO4/c1-2-6-18(21)22-13-17(20)19-14-9-11-16(12-10-14)23-15-7-4-3-5-8-15/h3-5,7-12H,2,6,13H2,1H3,(H,19,20). The van der Waals surface area contributed by atoms with Gasteiger partial charge >= 0.3 is 5.97 Å². The Balaban J connectivity index is 1.82. The Kier molecular flexibility index (Phi) is 6.17. The Labute approximate surface area is 135 Å². The molecular formula is C18H19NO4. The minimum absolute atomic E-state index is 0.277. The lowest BCUT2D eigenvalue weighted by atomic mass is 10.3. The van der Waals surface area contributed by atoms with E-state index in [0.29, 0.717) is 24.3 Å². The van der Waals surface area contributed by atoms with Gasteiger partial charge in [0.15, 0.2) is 6.61 Å². The molecule has 0 aliphatic carbocycles. The van der Waals surface area contributed by atoms with Crippen LogP contribution < -0.4 is 10.1 Å². The van der Waals surface area contributed by atoms with E-state index in [1.165, 1.54) is 0 Å². The molecule has 0 radical (unpaired) electrons. The summed E-state index contributed by atoms with van der Waals surface area (Å²) < 4.78 is 10.5. The number of carbonyl (C=O) groups excluding carboxylic acids is 2. The highest BCUT2D eigenvalue weighted by Crippen LogP contribution is 2.22. The first kappa shape index (κ1) is 16.5. The van der Waals surface area contributed by atoms with Crippen LogP contribution in [-0.4, -0.2) is 18.5 Å². The molecule has 0 unspecified atom stereocenters. The summed E-state index contributed by atoms with van der Waals surface area (Å²) in [6, 6.07) is 16.4. The summed E-state index contributed by atoms with van der Waals surface area (Å²) >= 11 is 0. The van der Waals surface area contributed by atoms with Crippen LogP contribution in [0.2, 0.25) is 0 Å². The molecule has 23 heavy (non-hydrogen) atoms. The van der Waals surface area contributed by atoms with E-state index in [4.69, 9.17) is 9.47 Å². The summed E-state index contributed by atoms with van der Waals surface area (Å²) in [4.78, 5) is 22.9. The Morgan fingerprint density at radius 2 is 1.61 bits per heavy atom. The number of carbonyl (C=O) groups is 2. The zero-order valence-electron chi connectivity index (χ0n) is 13.0. The monoisotopic (exact) mass is 313 g/mol. The van der Waals surface area contributed by atoms with Gasteiger partial charge in [0.1, 0.15) is 11.5 Å². The van der Waals surface area contributed by atoms with Crippen LogP contribution in [0.1, 0.15) is 19.8 Å². The first-order valence-corrected chi connectivity index (χ1v) is 7.46. The number of hydrogen-bond acceptors (Lipinski definition) is 4. The number of esters is 1. The maximum atomic E-state index is 11.7. The van der Waals surface area contributed by atoms with E-state index in [1.54, 1.807) is 24.3 Å². The number of benzene rings is 2. The van der Waals surface area contributed by atoms with Gasteiger partial charge in [-0.3, -0.25) is 9.59 Å². The molecule has 5 heteroatoms. The third kappa shape index (κ3) is 5.82. The second-order valence-electron chi connectivity index (χ2n) is 4.90. The zero-order chi connectivity index (χ0) is 16.5. The number of anilines is 1. The van der Waals surface area contributed by atoms with Gasteiger partial charge < -0.3 is 14.8 Å². The van der Waals surface area contributed by atoms with Gasteiger partial charge in [0.25, 0.3) is 5.91 Å². The van der Waals surface area contributed by atoms with Crippen molar-refractivity contribution in [2.24, 2.45) is 0 Å². The minimum Gasteiger partial charge on any atom is -0.457 e. The first-order valence-electron chi connectivity index (χ1n) is 7.46. The SMILES string of the molecule is CCCC(=O)OCC(=O)Nc1ccc(Oc2ccccc2)cc1. The fraction of sp³-hybridized carbons (Fsp3) is 0.222. The molecule has 120 valence electrons. The summed E-state index contributed by atoms with van der Waals surface area (Å²) in [5, 5.41) is 2.66. The van der Waals surface area contributed by atoms with Crippen molar-refractivity contribution in [1.82, 2.24) is 0 Å². The molecule has 1 amide bonds. The average molecular weight is 313 g/mol. The maximum Gasteiger partial charge on any atom is 0.306 e. The Hall–Kier alpha value is -2.82. The van der Waals surface area contributed by atoms with Gasteiger partial charge in [-0.1, -0.05) is 25.1 Å². The lowest BCUT2D eigenvalue weighted by Crippen LogP contribution is -2.20. The van der Waals surface area contributed by atoms with E-state index in [2.05, 4.69) is 5.32 Å². The van der Waals surface area contributed by atoms with Crippen LogP contribution in [0.3, 0.4) is 0 Å². The second kappa shape index (κ2) is 8.58. The van der Waals surface area contributed by atoms with E-state index in [0.717, 1.165) is 5.75 Å². The molecule has 0 spiro atoms. The van der Waals surface area contributed by atoms with Crippen molar-refractivity contribution >= 4 is 17.6 Å². The molecule has 0 aliphatic rings. The van der Waals surface area contributed by atoms with Gasteiger partial charge in [-0.05, 0) is 42.8 Å². The van der Waals surface area contributed by atoms with E-state index in [1.807, 2.05) is 37.3 Å². The molecule has 0 saturated heterocycles. The fourth-order valence-electron chi connectivity index (χ4n) is 1.85. The minimum atomic E-state index is -0.369. The second-order valence-corrected chi connectivity index (χ2v) is 4.90. The number of para-hydroxylation sites is 1. The Bertz CT molecular complexity index is 638. The predicted molar refractivity (Wildman–Crippen MR) is 87.5 cm³/mol. The van der Waals surface area contributed by atoms with Crippen molar-refractivity contribution in [1.29, 1.82) is 0 Å². The molecule has 0 heterocycles. The molecule has 0 aliphatic heterocycles. The predicted octanol–water partition coefficient (Wildman–Crippen LogP) is 3.76. The molecule has 0 fully saturated rings. The molecule has 1 N–H and O–H groups in total. The molecule has 0 saturated carbocycles. The number of rotatable bonds is 7. The van der Waals surface area contributed by atoms with Crippen molar-refractivity contribution in [3.05, 3.63) is 54.6 Å². The van der Waals surface area contributed by atoms with Crippen molar-refractivity contribution in [2.45, 2.75) is 19.8 Å². The van der Waals surface area contributed by atoms with Crippen LogP contribution in [0.4, 0.5) is 5.69 Å². The molecular weight excluding hydrogens is 294 g/mol. The topological polar surface area (TPSA) is 64.6 Å². The molecule has 2 aromatic carbocycles. The van der Waals surface area contributed by atoms with Gasteiger partial charge in [-0.25, -0.2) is 0 Å². The Morgan fingerprint density at radius 1 is 0.957 bits per heavy atom. The van der Waals surface area contributed by atoms with Gasteiger partial charge in [0.2, 0.25) is 0 Å². The van der Waals surface area contributed by atoms with Crippen LogP contribution in [0, 0.1) is 0 Å². The van der Waals surface area contributed by atoms with Crippen LogP contribution in [-0.2, 0) is 14.3 Å². The lowest BCUT2D eigenvalue weighted by Gasteiger charge is -2.08. The third-order valence-electron chi connectivity index (χ3n) is 2.94. The number of hydrogen-bond donors (Lipinski definition) is 1. The van der Waals surface area contributed by atoms with Crippen molar-refractivity contribution in [3.63, 3.8) is 0 Å². The number of nitrogens with one attached hydrogen (secondary N) is 1. The zero-order valence-corrected chi connectivity index (χ0v) is 13.0. The molecule has 2 rings (SSSR count). The van der Waals surface area contributed by atoms with Crippen LogP contribution >= 0.6 is 0 Å². The Morgan fingerprint density at radius 3 is 2.26 bits per heavy atom. The van der Waals surface area contributed by atoms with Gasteiger partial charge in [-0.2, -0.15) is 0 Å². The summed E-state index contributed by atoms with van der Waals surface area (Å²) in [5.41, 5.74) is 0.613. The van der Waals surface area contributed by atoms with Gasteiger partial charge in [-0.15, -0.1) is 0 Å². The third-order valence-corrected chi connectivity index (χ3v) is 2.94. The molecule has 0 atom stereocenters. The average Bonchev–Trinajstić information content (AvgIpc) is 2.56. The van der Waals surface area contributed by atoms with Crippen LogP contribution in [0.15, 0.2) is 54.6 Å². The van der Waals surface area contributed by atoms with Crippen molar-refractivity contribution in [3.8, 4) is 11.5 Å². The highest BCUT2D eigenvalue weighted by Gasteiger charge is 2.07. The highest BCUT2D eigenvalue weighted by atomic mass is 16.5. The maximum absolute atomic E-state index is 11.7. The number of ether oxygens (including phenoxy) is 2. The summed E-state index contributed by atoms with van der Waals surface area (Å²) in [6.07, 6.45) is 1.02. The quantitative estimate of drug-likeness (QED) is 0.790. The van der Waals surface area contributed by atoms with E-state index < -0.39 is 0 Å². The van der Waals surface area contributed by atoms with Crippen molar-refractivity contribution < 1.29 is 19.1 Å². The summed E-state index contributed by atoms with van der Waals surface area (Å²) in [5.74, 6) is 0.677. The van der Waals surface area contributed by atoms with Crippen LogP contribution in [0.25, 0.3) is 0 Å². The molecule has 0 bridgehead atoms. The fourth-order valence-corrected chi connectivity index (χ4v) is 1.85. The smallest absolute Gasteiger partial charge is 0.306 e. The van der Waals surface area contributed by atoms with Crippen LogP contribution in [0.5, 0.6) is 11.5 Å². The lowest BCUT2D eigenvalue weighted by molar-refractivity contribution is -0.147. The van der Waals surface area contributed by atoms with E-state index in [-0.39, 0.29) is 18.5 Å².